The van der Waals surface area contributed by atoms with Crippen LogP contribution in [0.15, 0.2) is 33.9 Å². The minimum absolute atomic E-state index is 0.262. The van der Waals surface area contributed by atoms with Crippen molar-refractivity contribution in [1.82, 2.24) is 0 Å². The van der Waals surface area contributed by atoms with Gasteiger partial charge in [0.1, 0.15) is 11.4 Å². The number of benzene rings is 1. The van der Waals surface area contributed by atoms with Crippen molar-refractivity contribution >= 4 is 34.8 Å². The maximum Gasteiger partial charge on any atom is 0.339 e. The summed E-state index contributed by atoms with van der Waals surface area (Å²) in [6.45, 7) is 1.48. The van der Waals surface area contributed by atoms with Crippen LogP contribution in [-0.4, -0.2) is 37.7 Å². The van der Waals surface area contributed by atoms with Crippen molar-refractivity contribution in [2.45, 2.75) is 0 Å². The third-order valence-corrected chi connectivity index (χ3v) is 4.75. The van der Waals surface area contributed by atoms with E-state index in [1.54, 1.807) is 24.3 Å². The largest absolute Gasteiger partial charge is 0.465 e. The second kappa shape index (κ2) is 6.45. The van der Waals surface area contributed by atoms with E-state index in [2.05, 4.69) is 5.32 Å². The first kappa shape index (κ1) is 15.6. The van der Waals surface area contributed by atoms with E-state index < -0.39 is 16.8 Å². The zero-order chi connectivity index (χ0) is 16.4. The molecule has 0 bridgehead atoms. The number of hydrogen-bond donors (Lipinski definition) is 1. The Labute approximate surface area is 137 Å². The van der Waals surface area contributed by atoms with Gasteiger partial charge in [-0.25, -0.2) is 4.79 Å². The van der Waals surface area contributed by atoms with Crippen LogP contribution < -0.4 is 21.1 Å². The quantitative estimate of drug-likeness (QED) is 0.669. The molecule has 0 aliphatic carbocycles. The number of nitrogens with one attached hydrogen (secondary N) is 1. The predicted octanol–water partition coefficient (Wildman–Crippen LogP) is 1.37. The van der Waals surface area contributed by atoms with Crippen molar-refractivity contribution in [1.29, 1.82) is 0 Å². The molecule has 1 aliphatic rings. The van der Waals surface area contributed by atoms with Gasteiger partial charge < -0.3 is 15.0 Å². The summed E-state index contributed by atoms with van der Waals surface area (Å²) in [7, 11) is 1.30. The lowest BCUT2D eigenvalue weighted by Gasteiger charge is -2.30. The van der Waals surface area contributed by atoms with Crippen LogP contribution in [0.1, 0.15) is 10.4 Å². The molecule has 120 valence electrons. The minimum Gasteiger partial charge on any atom is -0.465 e. The van der Waals surface area contributed by atoms with E-state index in [0.29, 0.717) is 16.9 Å². The van der Waals surface area contributed by atoms with Gasteiger partial charge >= 0.3 is 5.97 Å². The summed E-state index contributed by atoms with van der Waals surface area (Å²) < 4.78 is 4.74. The molecule has 3 rings (SSSR count). The molecule has 6 nitrogen and oxygen atoms in total. The first-order chi connectivity index (χ1) is 11.1. The van der Waals surface area contributed by atoms with Crippen LogP contribution in [0, 0.1) is 0 Å². The summed E-state index contributed by atoms with van der Waals surface area (Å²) in [5, 5.41) is 2.95. The van der Waals surface area contributed by atoms with E-state index >= 15 is 0 Å². The Hall–Kier alpha value is -2.28. The SMILES string of the molecule is COC(=O)c1ccccc1Nc1c(N2CCSCC2)c(=O)c1=O. The number of esters is 1. The predicted molar refractivity (Wildman–Crippen MR) is 92.0 cm³/mol. The topological polar surface area (TPSA) is 75.7 Å². The summed E-state index contributed by atoms with van der Waals surface area (Å²) in [5.74, 6) is 1.36. The number of anilines is 3. The molecule has 0 aromatic heterocycles. The number of para-hydroxylation sites is 1. The molecule has 1 saturated heterocycles. The summed E-state index contributed by atoms with van der Waals surface area (Å²) >= 11 is 1.83. The average molecular weight is 332 g/mol. The van der Waals surface area contributed by atoms with Crippen LogP contribution in [-0.2, 0) is 4.74 Å². The summed E-state index contributed by atoms with van der Waals surface area (Å²) in [5.41, 5.74) is 0.461. The molecule has 23 heavy (non-hydrogen) atoms. The molecule has 0 radical (unpaired) electrons. The first-order valence-corrected chi connectivity index (χ1v) is 8.39. The molecular formula is C16H16N2O4S. The number of nitrogens with zero attached hydrogens (tertiary/aromatic N) is 1. The van der Waals surface area contributed by atoms with Gasteiger partial charge in [-0.2, -0.15) is 11.8 Å². The van der Waals surface area contributed by atoms with Crippen LogP contribution in [0.25, 0.3) is 0 Å². The third-order valence-electron chi connectivity index (χ3n) is 3.80. The van der Waals surface area contributed by atoms with E-state index in [-0.39, 0.29) is 5.69 Å². The highest BCUT2D eigenvalue weighted by atomic mass is 32.2. The number of carbonyl (C=O) groups is 1. The Bertz CT molecular complexity index is 805. The first-order valence-electron chi connectivity index (χ1n) is 7.24. The van der Waals surface area contributed by atoms with Crippen LogP contribution in [0.4, 0.5) is 17.1 Å². The summed E-state index contributed by atoms with van der Waals surface area (Å²) in [6, 6.07) is 6.75. The molecule has 0 atom stereocenters. The Morgan fingerprint density at radius 2 is 1.87 bits per heavy atom. The number of thioether (sulfide) groups is 1. The van der Waals surface area contributed by atoms with Crippen LogP contribution in [0.2, 0.25) is 0 Å². The van der Waals surface area contributed by atoms with E-state index in [1.165, 1.54) is 7.11 Å². The molecular weight excluding hydrogens is 316 g/mol. The molecule has 7 heteroatoms. The van der Waals surface area contributed by atoms with E-state index in [4.69, 9.17) is 4.74 Å². The Balaban J connectivity index is 1.93. The number of methoxy groups -OCH3 is 1. The van der Waals surface area contributed by atoms with E-state index in [9.17, 15) is 14.4 Å². The lowest BCUT2D eigenvalue weighted by Crippen LogP contribution is -2.45. The second-order valence-corrected chi connectivity index (χ2v) is 6.37. The number of hydrogen-bond acceptors (Lipinski definition) is 7. The van der Waals surface area contributed by atoms with Gasteiger partial charge in [-0.15, -0.1) is 0 Å². The number of carbonyl (C=O) groups excluding carboxylic acids is 1. The third kappa shape index (κ3) is 2.84. The van der Waals surface area contributed by atoms with Crippen molar-refractivity contribution in [3.63, 3.8) is 0 Å². The van der Waals surface area contributed by atoms with Crippen LogP contribution in [0.3, 0.4) is 0 Å². The zero-order valence-corrected chi connectivity index (χ0v) is 13.4. The van der Waals surface area contributed by atoms with Crippen molar-refractivity contribution in [2.75, 3.05) is 41.9 Å². The smallest absolute Gasteiger partial charge is 0.339 e. The molecule has 2 aromatic carbocycles. The van der Waals surface area contributed by atoms with E-state index in [1.807, 2.05) is 16.7 Å². The highest BCUT2D eigenvalue weighted by Gasteiger charge is 2.28. The maximum absolute atomic E-state index is 12.0. The molecule has 2 aromatic rings. The second-order valence-electron chi connectivity index (χ2n) is 5.14. The van der Waals surface area contributed by atoms with Gasteiger partial charge in [-0.05, 0) is 12.1 Å². The Morgan fingerprint density at radius 3 is 2.57 bits per heavy atom. The van der Waals surface area contributed by atoms with Gasteiger partial charge in [-0.3, -0.25) is 9.59 Å². The van der Waals surface area contributed by atoms with Gasteiger partial charge in [0.2, 0.25) is 0 Å². The Kier molecular flexibility index (Phi) is 4.38. The van der Waals surface area contributed by atoms with Crippen molar-refractivity contribution in [3.05, 3.63) is 50.3 Å². The fraction of sp³-hybridized carbons (Fsp3) is 0.312. The lowest BCUT2D eigenvalue weighted by molar-refractivity contribution is 0.0602. The zero-order valence-electron chi connectivity index (χ0n) is 12.6. The molecule has 1 N–H and O–H groups in total. The number of ether oxygens (including phenoxy) is 1. The van der Waals surface area contributed by atoms with Crippen molar-refractivity contribution < 1.29 is 9.53 Å². The van der Waals surface area contributed by atoms with Crippen molar-refractivity contribution in [3.8, 4) is 0 Å². The monoisotopic (exact) mass is 332 g/mol. The maximum atomic E-state index is 12.0. The van der Waals surface area contributed by atoms with Gasteiger partial charge in [0.05, 0.1) is 18.4 Å². The molecule has 0 spiro atoms. The highest BCUT2D eigenvalue weighted by Crippen LogP contribution is 2.28. The van der Waals surface area contributed by atoms with Gasteiger partial charge in [0.25, 0.3) is 10.9 Å². The Morgan fingerprint density at radius 1 is 1.17 bits per heavy atom. The van der Waals surface area contributed by atoms with Crippen LogP contribution in [0.5, 0.6) is 0 Å². The average Bonchev–Trinajstić information content (AvgIpc) is 2.61. The molecule has 1 aliphatic heterocycles. The number of rotatable bonds is 4. The summed E-state index contributed by atoms with van der Waals surface area (Å²) in [4.78, 5) is 37.6. The molecule has 0 unspecified atom stereocenters. The molecule has 1 heterocycles. The molecule has 0 amide bonds. The molecule has 0 saturated carbocycles. The van der Waals surface area contributed by atoms with Gasteiger partial charge in [-0.1, -0.05) is 12.1 Å². The summed E-state index contributed by atoms with van der Waals surface area (Å²) in [6.07, 6.45) is 0. The highest BCUT2D eigenvalue weighted by molar-refractivity contribution is 7.99. The van der Waals surface area contributed by atoms with Crippen LogP contribution >= 0.6 is 11.8 Å². The fourth-order valence-corrected chi connectivity index (χ4v) is 3.50. The normalized spacial score (nSPS) is 14.7. The lowest BCUT2D eigenvalue weighted by atomic mass is 10.1. The molecule has 1 fully saturated rings. The van der Waals surface area contributed by atoms with Crippen molar-refractivity contribution in [2.24, 2.45) is 0 Å². The van der Waals surface area contributed by atoms with Gasteiger partial charge in [0.15, 0.2) is 0 Å². The minimum atomic E-state index is -0.544. The fourth-order valence-electron chi connectivity index (χ4n) is 2.60. The standard InChI is InChI=1S/C16H16N2O4S/c1-22-16(21)10-4-2-3-5-11(10)17-12-13(15(20)14(12)19)18-6-8-23-9-7-18/h2-5,17H,6-9H2,1H3. The van der Waals surface area contributed by atoms with E-state index in [0.717, 1.165) is 24.6 Å². The van der Waals surface area contributed by atoms with Gasteiger partial charge in [0, 0.05) is 24.6 Å².